The summed E-state index contributed by atoms with van der Waals surface area (Å²) in [7, 11) is 0. The van der Waals surface area contributed by atoms with Gasteiger partial charge in [-0.15, -0.1) is 0 Å². The second-order valence-corrected chi connectivity index (χ2v) is 2.53. The van der Waals surface area contributed by atoms with Gasteiger partial charge in [0.2, 0.25) is 0 Å². The lowest BCUT2D eigenvalue weighted by atomic mass is 10.2. The van der Waals surface area contributed by atoms with Crippen LogP contribution in [0.4, 0.5) is 0 Å². The Labute approximate surface area is 71.9 Å². The number of carboxylic acids is 1. The second-order valence-electron chi connectivity index (χ2n) is 2.53. The summed E-state index contributed by atoms with van der Waals surface area (Å²) in [6.45, 7) is 3.67. The Kier molecular flexibility index (Phi) is 4.53. The van der Waals surface area contributed by atoms with Gasteiger partial charge in [0.25, 0.3) is 0 Å². The molecule has 0 saturated carbocycles. The zero-order valence-corrected chi connectivity index (χ0v) is 7.24. The van der Waals surface area contributed by atoms with Gasteiger partial charge in [-0.05, 0) is 38.3 Å². The molecule has 0 heterocycles. The molecular weight excluding hydrogens is 154 g/mol. The highest BCUT2D eigenvalue weighted by Gasteiger charge is 2.00. The Balaban J connectivity index is 4.67. The summed E-state index contributed by atoms with van der Waals surface area (Å²) in [5, 5.41) is 8.66. The molecule has 0 aliphatic heterocycles. The molecule has 0 aromatic carbocycles. The SMILES string of the molecule is CC(C)=C/C(=C\C=C\N)C(=O)O. The molecule has 3 nitrogen and oxygen atoms in total. The Morgan fingerprint density at radius 3 is 2.33 bits per heavy atom. The van der Waals surface area contributed by atoms with Crippen LogP contribution >= 0.6 is 0 Å². The molecule has 66 valence electrons. The lowest BCUT2D eigenvalue weighted by Crippen LogP contribution is -1.97. The number of aliphatic carboxylic acids is 1. The van der Waals surface area contributed by atoms with Crippen molar-refractivity contribution in [2.45, 2.75) is 13.8 Å². The van der Waals surface area contributed by atoms with Crippen LogP contribution in [0.3, 0.4) is 0 Å². The Morgan fingerprint density at radius 2 is 2.00 bits per heavy atom. The molecule has 0 aliphatic carbocycles. The normalized spacial score (nSPS) is 11.7. The van der Waals surface area contributed by atoms with Crippen molar-refractivity contribution in [1.82, 2.24) is 0 Å². The molecule has 0 fully saturated rings. The van der Waals surface area contributed by atoms with Crippen LogP contribution in [0.25, 0.3) is 0 Å². The van der Waals surface area contributed by atoms with Gasteiger partial charge in [0.1, 0.15) is 0 Å². The number of hydrogen-bond donors (Lipinski definition) is 2. The minimum absolute atomic E-state index is 0.233. The van der Waals surface area contributed by atoms with Crippen LogP contribution in [-0.4, -0.2) is 11.1 Å². The van der Waals surface area contributed by atoms with Crippen LogP contribution in [0.2, 0.25) is 0 Å². The summed E-state index contributed by atoms with van der Waals surface area (Å²) in [6, 6.07) is 0. The van der Waals surface area contributed by atoms with E-state index in [4.69, 9.17) is 10.8 Å². The van der Waals surface area contributed by atoms with Crippen LogP contribution in [0, 0.1) is 0 Å². The van der Waals surface area contributed by atoms with Crippen LogP contribution in [-0.2, 0) is 4.79 Å². The van der Waals surface area contributed by atoms with Crippen molar-refractivity contribution in [2.24, 2.45) is 5.73 Å². The molecule has 0 saturated heterocycles. The topological polar surface area (TPSA) is 63.3 Å². The fraction of sp³-hybridized carbons (Fsp3) is 0.222. The van der Waals surface area contributed by atoms with Gasteiger partial charge < -0.3 is 10.8 Å². The van der Waals surface area contributed by atoms with E-state index in [-0.39, 0.29) is 5.57 Å². The van der Waals surface area contributed by atoms with Crippen molar-refractivity contribution in [2.75, 3.05) is 0 Å². The zero-order valence-electron chi connectivity index (χ0n) is 7.24. The molecule has 0 atom stereocenters. The molecule has 3 heteroatoms. The smallest absolute Gasteiger partial charge is 0.335 e. The van der Waals surface area contributed by atoms with Crippen LogP contribution in [0.15, 0.2) is 35.6 Å². The number of carboxylic acid groups (broad SMARTS) is 1. The third-order valence-corrected chi connectivity index (χ3v) is 1.08. The fourth-order valence-corrected chi connectivity index (χ4v) is 0.651. The lowest BCUT2D eigenvalue weighted by molar-refractivity contribution is -0.132. The molecule has 0 radical (unpaired) electrons. The van der Waals surface area contributed by atoms with E-state index in [1.807, 2.05) is 13.8 Å². The molecule has 0 rings (SSSR count). The standard InChI is InChI=1S/C9H13NO2/c1-7(2)6-8(9(11)12)4-3-5-10/h3-6H,10H2,1-2H3,(H,11,12)/b5-3+,8-4+. The molecule has 0 aromatic rings. The van der Waals surface area contributed by atoms with E-state index in [0.717, 1.165) is 5.57 Å². The van der Waals surface area contributed by atoms with Gasteiger partial charge in [-0.1, -0.05) is 5.57 Å². The zero-order chi connectivity index (χ0) is 9.56. The monoisotopic (exact) mass is 167 g/mol. The van der Waals surface area contributed by atoms with Gasteiger partial charge in [-0.25, -0.2) is 4.79 Å². The Morgan fingerprint density at radius 1 is 1.42 bits per heavy atom. The summed E-state index contributed by atoms with van der Waals surface area (Å²) in [5.41, 5.74) is 6.24. The minimum Gasteiger partial charge on any atom is -0.478 e. The molecule has 0 spiro atoms. The Bertz CT molecular complexity index is 245. The van der Waals surface area contributed by atoms with Crippen molar-refractivity contribution in [3.8, 4) is 0 Å². The second kappa shape index (κ2) is 5.18. The Hall–Kier alpha value is -1.51. The van der Waals surface area contributed by atoms with E-state index in [2.05, 4.69) is 0 Å². The van der Waals surface area contributed by atoms with Crippen molar-refractivity contribution >= 4 is 5.97 Å². The van der Waals surface area contributed by atoms with Gasteiger partial charge in [-0.2, -0.15) is 0 Å². The highest BCUT2D eigenvalue weighted by Crippen LogP contribution is 2.02. The van der Waals surface area contributed by atoms with Crippen molar-refractivity contribution in [3.05, 3.63) is 35.6 Å². The highest BCUT2D eigenvalue weighted by molar-refractivity contribution is 5.90. The molecule has 0 bridgehead atoms. The number of allylic oxidation sites excluding steroid dienone is 3. The van der Waals surface area contributed by atoms with Crippen molar-refractivity contribution in [3.63, 3.8) is 0 Å². The summed E-state index contributed by atoms with van der Waals surface area (Å²) in [4.78, 5) is 10.6. The van der Waals surface area contributed by atoms with E-state index >= 15 is 0 Å². The number of nitrogens with two attached hydrogens (primary N) is 1. The average molecular weight is 167 g/mol. The predicted octanol–water partition coefficient (Wildman–Crippen LogP) is 1.44. The van der Waals surface area contributed by atoms with Crippen LogP contribution < -0.4 is 5.73 Å². The van der Waals surface area contributed by atoms with Gasteiger partial charge in [0.05, 0.1) is 5.57 Å². The maximum atomic E-state index is 10.6. The van der Waals surface area contributed by atoms with E-state index in [1.165, 1.54) is 18.4 Å². The molecule has 0 unspecified atom stereocenters. The third kappa shape index (κ3) is 4.33. The van der Waals surface area contributed by atoms with Crippen molar-refractivity contribution < 1.29 is 9.90 Å². The summed E-state index contributed by atoms with van der Waals surface area (Å²) in [5.74, 6) is -0.950. The molecule has 0 aliphatic rings. The minimum atomic E-state index is -0.950. The van der Waals surface area contributed by atoms with Gasteiger partial charge >= 0.3 is 5.97 Å². The van der Waals surface area contributed by atoms with Gasteiger partial charge in [0, 0.05) is 0 Å². The first-order chi connectivity index (χ1) is 5.57. The summed E-state index contributed by atoms with van der Waals surface area (Å²) >= 11 is 0. The fourth-order valence-electron chi connectivity index (χ4n) is 0.651. The van der Waals surface area contributed by atoms with Crippen LogP contribution in [0.1, 0.15) is 13.8 Å². The first kappa shape index (κ1) is 10.5. The van der Waals surface area contributed by atoms with E-state index in [9.17, 15) is 4.79 Å². The maximum Gasteiger partial charge on any atom is 0.335 e. The molecule has 3 N–H and O–H groups in total. The lowest BCUT2D eigenvalue weighted by Gasteiger charge is -1.93. The largest absolute Gasteiger partial charge is 0.478 e. The van der Waals surface area contributed by atoms with Gasteiger partial charge in [-0.3, -0.25) is 0 Å². The van der Waals surface area contributed by atoms with E-state index in [0.29, 0.717) is 0 Å². The maximum absolute atomic E-state index is 10.6. The first-order valence-electron chi connectivity index (χ1n) is 3.54. The quantitative estimate of drug-likeness (QED) is 0.493. The molecule has 12 heavy (non-hydrogen) atoms. The highest BCUT2D eigenvalue weighted by atomic mass is 16.4. The van der Waals surface area contributed by atoms with E-state index < -0.39 is 5.97 Å². The average Bonchev–Trinajstić information content (AvgIpc) is 1.96. The first-order valence-corrected chi connectivity index (χ1v) is 3.54. The summed E-state index contributed by atoms with van der Waals surface area (Å²) < 4.78 is 0. The molecular formula is C9H13NO2. The third-order valence-electron chi connectivity index (χ3n) is 1.08. The molecule has 0 aromatic heterocycles. The van der Waals surface area contributed by atoms with Crippen LogP contribution in [0.5, 0.6) is 0 Å². The number of rotatable bonds is 3. The number of hydrogen-bond acceptors (Lipinski definition) is 2. The van der Waals surface area contributed by atoms with E-state index in [1.54, 1.807) is 6.08 Å². The molecule has 0 amide bonds. The van der Waals surface area contributed by atoms with Gasteiger partial charge in [0.15, 0.2) is 0 Å². The van der Waals surface area contributed by atoms with Crippen molar-refractivity contribution in [1.29, 1.82) is 0 Å². The number of carbonyl (C=O) groups is 1. The predicted molar refractivity (Wildman–Crippen MR) is 48.5 cm³/mol. The summed E-state index contributed by atoms with van der Waals surface area (Å²) in [6.07, 6.45) is 5.82.